The van der Waals surface area contributed by atoms with Gasteiger partial charge < -0.3 is 10.1 Å². The van der Waals surface area contributed by atoms with Crippen molar-refractivity contribution >= 4 is 27.3 Å². The second kappa shape index (κ2) is 5.95. The lowest BCUT2D eigenvalue weighted by Crippen LogP contribution is -2.37. The van der Waals surface area contributed by atoms with Gasteiger partial charge in [0, 0.05) is 22.5 Å². The first-order valence-electron chi connectivity index (χ1n) is 7.01. The fraction of sp³-hybridized carbons (Fsp3) is 0.267. The molecule has 0 saturated heterocycles. The number of sulfonamides is 1. The van der Waals surface area contributed by atoms with Gasteiger partial charge >= 0.3 is 0 Å². The minimum Gasteiger partial charge on any atom is -0.488 e. The van der Waals surface area contributed by atoms with Crippen LogP contribution in [0.2, 0.25) is 0 Å². The van der Waals surface area contributed by atoms with Crippen molar-refractivity contribution in [1.82, 2.24) is 5.32 Å². The Hall–Kier alpha value is -1.90. The number of nitrogens with two attached hydrogens (primary N) is 1. The third-order valence-electron chi connectivity index (χ3n) is 3.66. The Morgan fingerprint density at radius 2 is 2.17 bits per heavy atom. The van der Waals surface area contributed by atoms with E-state index < -0.39 is 15.3 Å². The number of thiophene rings is 1. The van der Waals surface area contributed by atoms with E-state index in [0.29, 0.717) is 11.5 Å². The van der Waals surface area contributed by atoms with Gasteiger partial charge in [-0.15, -0.1) is 11.3 Å². The van der Waals surface area contributed by atoms with Gasteiger partial charge in [-0.2, -0.15) is 0 Å². The summed E-state index contributed by atoms with van der Waals surface area (Å²) in [4.78, 5) is 13.8. The fourth-order valence-electron chi connectivity index (χ4n) is 2.25. The number of rotatable bonds is 4. The maximum Gasteiger partial charge on any atom is 0.261 e. The monoisotopic (exact) mass is 352 g/mol. The van der Waals surface area contributed by atoms with E-state index in [9.17, 15) is 13.2 Å². The van der Waals surface area contributed by atoms with Crippen LogP contribution in [0.15, 0.2) is 30.3 Å². The van der Waals surface area contributed by atoms with Crippen molar-refractivity contribution in [1.29, 1.82) is 0 Å². The molecule has 0 bridgehead atoms. The van der Waals surface area contributed by atoms with Crippen molar-refractivity contribution in [2.45, 2.75) is 18.8 Å². The van der Waals surface area contributed by atoms with Crippen LogP contribution in [0.5, 0.6) is 5.75 Å². The summed E-state index contributed by atoms with van der Waals surface area (Å²) in [6.45, 7) is 1.86. The van der Waals surface area contributed by atoms with Crippen LogP contribution in [-0.2, 0) is 16.6 Å². The SMILES string of the molecule is C[C@@H](CNC(=O)c1cc2c(s1)-c1ccccc1OC2)S(N)(=O)=O. The summed E-state index contributed by atoms with van der Waals surface area (Å²) in [5.74, 6) is 0.494. The molecular formula is C15H16N2O4S2. The van der Waals surface area contributed by atoms with Crippen LogP contribution in [0, 0.1) is 0 Å². The first-order valence-corrected chi connectivity index (χ1v) is 9.43. The highest BCUT2D eigenvalue weighted by atomic mass is 32.2. The van der Waals surface area contributed by atoms with E-state index in [1.54, 1.807) is 6.07 Å². The lowest BCUT2D eigenvalue weighted by molar-refractivity contribution is 0.0958. The molecule has 122 valence electrons. The number of ether oxygens (including phenoxy) is 1. The van der Waals surface area contributed by atoms with Crippen molar-refractivity contribution in [2.75, 3.05) is 6.54 Å². The average molecular weight is 352 g/mol. The smallest absolute Gasteiger partial charge is 0.261 e. The summed E-state index contributed by atoms with van der Waals surface area (Å²) in [6.07, 6.45) is 0. The number of hydrogen-bond acceptors (Lipinski definition) is 5. The minimum atomic E-state index is -3.65. The molecule has 0 unspecified atom stereocenters. The Morgan fingerprint density at radius 1 is 1.43 bits per heavy atom. The quantitative estimate of drug-likeness (QED) is 0.875. The summed E-state index contributed by atoms with van der Waals surface area (Å²) >= 11 is 1.37. The summed E-state index contributed by atoms with van der Waals surface area (Å²) in [6, 6.07) is 9.46. The van der Waals surface area contributed by atoms with Crippen LogP contribution < -0.4 is 15.2 Å². The number of amides is 1. The Bertz CT molecular complexity index is 858. The van der Waals surface area contributed by atoms with Gasteiger partial charge in [0.2, 0.25) is 10.0 Å². The van der Waals surface area contributed by atoms with E-state index >= 15 is 0 Å². The third-order valence-corrected chi connectivity index (χ3v) is 6.16. The first kappa shape index (κ1) is 16.0. The summed E-state index contributed by atoms with van der Waals surface area (Å²) < 4.78 is 28.0. The number of hydrogen-bond donors (Lipinski definition) is 2. The predicted molar refractivity (Wildman–Crippen MR) is 89.0 cm³/mol. The van der Waals surface area contributed by atoms with Crippen LogP contribution >= 0.6 is 11.3 Å². The number of nitrogens with one attached hydrogen (secondary N) is 1. The fourth-order valence-corrected chi connectivity index (χ4v) is 3.68. The molecule has 0 radical (unpaired) electrons. The van der Waals surface area contributed by atoms with Crippen molar-refractivity contribution in [3.05, 3.63) is 40.8 Å². The molecule has 0 spiro atoms. The highest BCUT2D eigenvalue weighted by Crippen LogP contribution is 2.42. The van der Waals surface area contributed by atoms with E-state index in [0.717, 1.165) is 21.8 Å². The lowest BCUT2D eigenvalue weighted by atomic mass is 10.1. The molecule has 6 nitrogen and oxygen atoms in total. The summed E-state index contributed by atoms with van der Waals surface area (Å²) in [7, 11) is -3.65. The van der Waals surface area contributed by atoms with Crippen molar-refractivity contribution in [3.63, 3.8) is 0 Å². The molecule has 1 amide bonds. The highest BCUT2D eigenvalue weighted by Gasteiger charge is 2.23. The molecule has 1 atom stereocenters. The molecule has 3 rings (SSSR count). The molecule has 1 aliphatic rings. The first-order chi connectivity index (χ1) is 10.9. The predicted octanol–water partition coefficient (Wildman–Crippen LogP) is 1.71. The number of primary sulfonamides is 1. The van der Waals surface area contributed by atoms with Gasteiger partial charge in [-0.3, -0.25) is 4.79 Å². The Kier molecular flexibility index (Phi) is 4.13. The zero-order chi connectivity index (χ0) is 16.6. The van der Waals surface area contributed by atoms with Gasteiger partial charge in [0.05, 0.1) is 10.1 Å². The largest absolute Gasteiger partial charge is 0.488 e. The highest BCUT2D eigenvalue weighted by molar-refractivity contribution is 7.89. The lowest BCUT2D eigenvalue weighted by Gasteiger charge is -2.16. The Labute approximate surface area is 138 Å². The maximum absolute atomic E-state index is 12.2. The minimum absolute atomic E-state index is 0.0205. The van der Waals surface area contributed by atoms with Gasteiger partial charge in [-0.05, 0) is 25.1 Å². The number of carbonyl (C=O) groups is 1. The number of fused-ring (bicyclic) bond motifs is 3. The third kappa shape index (κ3) is 3.24. The van der Waals surface area contributed by atoms with Crippen LogP contribution in [0.4, 0.5) is 0 Å². The molecule has 0 aliphatic carbocycles. The number of para-hydroxylation sites is 1. The molecule has 0 fully saturated rings. The Balaban J connectivity index is 1.79. The maximum atomic E-state index is 12.2. The van der Waals surface area contributed by atoms with E-state index in [1.165, 1.54) is 18.3 Å². The van der Waals surface area contributed by atoms with E-state index in [-0.39, 0.29) is 12.5 Å². The molecule has 1 aromatic carbocycles. The zero-order valence-electron chi connectivity index (χ0n) is 12.4. The summed E-state index contributed by atoms with van der Waals surface area (Å²) in [5, 5.41) is 6.82. The van der Waals surface area contributed by atoms with Crippen molar-refractivity contribution in [3.8, 4) is 16.2 Å². The molecule has 0 saturated carbocycles. The zero-order valence-corrected chi connectivity index (χ0v) is 14.0. The van der Waals surface area contributed by atoms with E-state index in [1.807, 2.05) is 24.3 Å². The molecule has 8 heteroatoms. The van der Waals surface area contributed by atoms with Gasteiger partial charge in [0.25, 0.3) is 5.91 Å². The second-order valence-electron chi connectivity index (χ2n) is 5.36. The van der Waals surface area contributed by atoms with Crippen LogP contribution in [0.25, 0.3) is 10.4 Å². The van der Waals surface area contributed by atoms with E-state index in [2.05, 4.69) is 5.32 Å². The molecule has 23 heavy (non-hydrogen) atoms. The van der Waals surface area contributed by atoms with Gasteiger partial charge in [0.1, 0.15) is 12.4 Å². The van der Waals surface area contributed by atoms with Crippen LogP contribution in [0.3, 0.4) is 0 Å². The Morgan fingerprint density at radius 3 is 2.91 bits per heavy atom. The standard InChI is InChI=1S/C15H16N2O4S2/c1-9(23(16,19)20)7-17-15(18)13-6-10-8-21-12-5-3-2-4-11(12)14(10)22-13/h2-6,9H,7-8H2,1H3,(H,17,18)(H2,16,19,20)/t9-/m0/s1. The van der Waals surface area contributed by atoms with Crippen molar-refractivity contribution in [2.24, 2.45) is 5.14 Å². The molecular weight excluding hydrogens is 336 g/mol. The molecule has 1 aliphatic heterocycles. The summed E-state index contributed by atoms with van der Waals surface area (Å²) in [5.41, 5.74) is 1.93. The van der Waals surface area contributed by atoms with E-state index in [4.69, 9.17) is 9.88 Å². The van der Waals surface area contributed by atoms with Gasteiger partial charge in [0.15, 0.2) is 0 Å². The normalized spacial score (nSPS) is 14.3. The topological polar surface area (TPSA) is 98.5 Å². The van der Waals surface area contributed by atoms with Gasteiger partial charge in [-0.1, -0.05) is 12.1 Å². The average Bonchev–Trinajstić information content (AvgIpc) is 2.96. The molecule has 3 N–H and O–H groups in total. The molecule has 2 heterocycles. The number of benzene rings is 1. The van der Waals surface area contributed by atoms with Crippen LogP contribution in [-0.4, -0.2) is 26.1 Å². The molecule has 1 aromatic heterocycles. The van der Waals surface area contributed by atoms with Crippen molar-refractivity contribution < 1.29 is 17.9 Å². The molecule has 2 aromatic rings. The van der Waals surface area contributed by atoms with Crippen LogP contribution in [0.1, 0.15) is 22.2 Å². The second-order valence-corrected chi connectivity index (χ2v) is 8.39. The number of carbonyl (C=O) groups excluding carboxylic acids is 1. The van der Waals surface area contributed by atoms with Gasteiger partial charge in [-0.25, -0.2) is 13.6 Å².